The molecular weight excluding hydrogens is 486 g/mol. The Labute approximate surface area is 218 Å². The summed E-state index contributed by atoms with van der Waals surface area (Å²) in [6.07, 6.45) is 2.80. The van der Waals surface area contributed by atoms with Crippen molar-refractivity contribution >= 4 is 17.7 Å². The lowest BCUT2D eigenvalue weighted by atomic mass is 10.1. The molecule has 0 spiro atoms. The second kappa shape index (κ2) is 10.9. The van der Waals surface area contributed by atoms with Crippen LogP contribution >= 0.6 is 0 Å². The molecule has 0 radical (unpaired) electrons. The van der Waals surface area contributed by atoms with Crippen LogP contribution in [0.1, 0.15) is 34.8 Å². The molecule has 1 aliphatic heterocycles. The number of methoxy groups -OCH3 is 1. The van der Waals surface area contributed by atoms with Gasteiger partial charge in [-0.2, -0.15) is 10.2 Å². The number of hydrogen-bond donors (Lipinski definition) is 2. The van der Waals surface area contributed by atoms with Crippen molar-refractivity contribution in [1.29, 1.82) is 5.26 Å². The van der Waals surface area contributed by atoms with E-state index in [9.17, 15) is 10.1 Å². The van der Waals surface area contributed by atoms with Crippen LogP contribution in [0.2, 0.25) is 0 Å². The van der Waals surface area contributed by atoms with Crippen molar-refractivity contribution in [1.82, 2.24) is 35.0 Å². The molecule has 1 saturated heterocycles. The van der Waals surface area contributed by atoms with Crippen molar-refractivity contribution in [3.05, 3.63) is 65.9 Å². The maximum atomic E-state index is 12.6. The Morgan fingerprint density at radius 2 is 2.00 bits per heavy atom. The quantitative estimate of drug-likeness (QED) is 0.378. The first kappa shape index (κ1) is 24.6. The molecule has 12 heteroatoms. The van der Waals surface area contributed by atoms with Gasteiger partial charge in [0.05, 0.1) is 18.4 Å². The molecule has 38 heavy (non-hydrogen) atoms. The van der Waals surface area contributed by atoms with Gasteiger partial charge in [0, 0.05) is 43.8 Å². The van der Waals surface area contributed by atoms with Gasteiger partial charge in [0.1, 0.15) is 29.6 Å². The van der Waals surface area contributed by atoms with E-state index in [-0.39, 0.29) is 17.8 Å². The summed E-state index contributed by atoms with van der Waals surface area (Å²) in [6, 6.07) is 14.7. The van der Waals surface area contributed by atoms with Gasteiger partial charge in [-0.15, -0.1) is 5.10 Å². The molecule has 0 unspecified atom stereocenters. The Hall–Kier alpha value is -5.05. The van der Waals surface area contributed by atoms with Gasteiger partial charge >= 0.3 is 0 Å². The SMILES string of the molecule is COc1cccc(Nc2nccc(-c3ccc(OC4CCN(C(=O)c5n[nH]c(C)n5)CC4)c(C#N)c3)n2)n1. The molecule has 1 aliphatic rings. The molecule has 192 valence electrons. The molecule has 3 aromatic heterocycles. The number of amides is 1. The summed E-state index contributed by atoms with van der Waals surface area (Å²) in [6.45, 7) is 2.80. The molecule has 4 aromatic rings. The van der Waals surface area contributed by atoms with E-state index in [0.717, 1.165) is 5.56 Å². The number of nitrogens with one attached hydrogen (secondary N) is 2. The number of likely N-dealkylation sites (tertiary alicyclic amines) is 1. The molecular formula is C26H25N9O3. The second-order valence-electron chi connectivity index (χ2n) is 8.63. The number of ether oxygens (including phenoxy) is 2. The normalized spacial score (nSPS) is 13.6. The maximum Gasteiger partial charge on any atom is 0.293 e. The summed E-state index contributed by atoms with van der Waals surface area (Å²) in [5.41, 5.74) is 1.79. The van der Waals surface area contributed by atoms with Crippen molar-refractivity contribution in [2.75, 3.05) is 25.5 Å². The van der Waals surface area contributed by atoms with Crippen molar-refractivity contribution in [3.63, 3.8) is 0 Å². The fraction of sp³-hybridized carbons (Fsp3) is 0.269. The average molecular weight is 512 g/mol. The predicted molar refractivity (Wildman–Crippen MR) is 137 cm³/mol. The number of pyridine rings is 1. The number of aryl methyl sites for hydroxylation is 1. The molecule has 0 saturated carbocycles. The molecule has 1 aromatic carbocycles. The Morgan fingerprint density at radius 1 is 1.16 bits per heavy atom. The van der Waals surface area contributed by atoms with Gasteiger partial charge < -0.3 is 19.7 Å². The van der Waals surface area contributed by atoms with Crippen molar-refractivity contribution in [3.8, 4) is 29.0 Å². The molecule has 0 bridgehead atoms. The third kappa shape index (κ3) is 5.52. The highest BCUT2D eigenvalue weighted by molar-refractivity contribution is 5.90. The topological polar surface area (TPSA) is 155 Å². The van der Waals surface area contributed by atoms with Gasteiger partial charge in [-0.05, 0) is 37.3 Å². The standard InChI is InChI=1S/C26H25N9O3/c1-16-29-24(34-33-16)25(36)35-12-9-19(10-13-35)38-21-7-6-17(14-18(21)15-27)20-8-11-28-26(30-20)32-22-4-3-5-23(31-22)37-2/h3-8,11,14,19H,9-10,12-13H2,1-2H3,(H,29,33,34)(H,28,30,31,32). The van der Waals surface area contributed by atoms with Gasteiger partial charge in [0.25, 0.3) is 5.91 Å². The molecule has 0 aliphatic carbocycles. The summed E-state index contributed by atoms with van der Waals surface area (Å²) in [7, 11) is 1.55. The highest BCUT2D eigenvalue weighted by Gasteiger charge is 2.27. The van der Waals surface area contributed by atoms with E-state index in [1.807, 2.05) is 12.1 Å². The number of hydrogen-bond acceptors (Lipinski definition) is 10. The average Bonchev–Trinajstić information content (AvgIpc) is 3.39. The minimum atomic E-state index is -0.198. The number of H-pyrrole nitrogens is 1. The highest BCUT2D eigenvalue weighted by atomic mass is 16.5. The van der Waals surface area contributed by atoms with Crippen LogP contribution in [0.25, 0.3) is 11.3 Å². The first-order valence-electron chi connectivity index (χ1n) is 12.0. The van der Waals surface area contributed by atoms with Gasteiger partial charge in [-0.1, -0.05) is 6.07 Å². The zero-order chi connectivity index (χ0) is 26.5. The number of carbonyl (C=O) groups excluding carboxylic acids is 1. The Morgan fingerprint density at radius 3 is 2.74 bits per heavy atom. The molecule has 4 heterocycles. The molecule has 0 atom stereocenters. The van der Waals surface area contributed by atoms with Gasteiger partial charge in [0.2, 0.25) is 17.7 Å². The van der Waals surface area contributed by atoms with Crippen LogP contribution in [-0.2, 0) is 0 Å². The minimum absolute atomic E-state index is 0.115. The van der Waals surface area contributed by atoms with E-state index < -0.39 is 0 Å². The Kier molecular flexibility index (Phi) is 7.08. The van der Waals surface area contributed by atoms with Crippen LogP contribution < -0.4 is 14.8 Å². The van der Waals surface area contributed by atoms with E-state index >= 15 is 0 Å². The fourth-order valence-corrected chi connectivity index (χ4v) is 4.11. The largest absolute Gasteiger partial charge is 0.489 e. The highest BCUT2D eigenvalue weighted by Crippen LogP contribution is 2.28. The van der Waals surface area contributed by atoms with E-state index in [1.165, 1.54) is 0 Å². The summed E-state index contributed by atoms with van der Waals surface area (Å²) in [5.74, 6) is 2.46. The lowest BCUT2D eigenvalue weighted by molar-refractivity contribution is 0.0584. The van der Waals surface area contributed by atoms with Crippen LogP contribution in [0, 0.1) is 18.3 Å². The summed E-state index contributed by atoms with van der Waals surface area (Å²) in [5, 5.41) is 19.5. The summed E-state index contributed by atoms with van der Waals surface area (Å²) < 4.78 is 11.3. The van der Waals surface area contributed by atoms with Crippen LogP contribution in [0.5, 0.6) is 11.6 Å². The van der Waals surface area contributed by atoms with Crippen LogP contribution in [0.3, 0.4) is 0 Å². The van der Waals surface area contributed by atoms with E-state index in [0.29, 0.717) is 66.4 Å². The third-order valence-electron chi connectivity index (χ3n) is 6.04. The molecule has 2 N–H and O–H groups in total. The van der Waals surface area contributed by atoms with E-state index in [2.05, 4.69) is 41.5 Å². The first-order valence-corrected chi connectivity index (χ1v) is 12.0. The van der Waals surface area contributed by atoms with Crippen molar-refractivity contribution < 1.29 is 14.3 Å². The van der Waals surface area contributed by atoms with E-state index in [1.54, 1.807) is 55.5 Å². The molecule has 5 rings (SSSR count). The number of nitrogens with zero attached hydrogens (tertiary/aromatic N) is 7. The number of nitriles is 1. The van der Waals surface area contributed by atoms with Crippen molar-refractivity contribution in [2.24, 2.45) is 0 Å². The monoisotopic (exact) mass is 511 g/mol. The fourth-order valence-electron chi connectivity index (χ4n) is 4.11. The lowest BCUT2D eigenvalue weighted by Gasteiger charge is -2.31. The number of anilines is 2. The van der Waals surface area contributed by atoms with Crippen LogP contribution in [0.15, 0.2) is 48.7 Å². The van der Waals surface area contributed by atoms with Crippen molar-refractivity contribution in [2.45, 2.75) is 25.9 Å². The number of carbonyl (C=O) groups is 1. The third-order valence-corrected chi connectivity index (χ3v) is 6.04. The molecule has 1 amide bonds. The number of piperidine rings is 1. The number of aromatic amines is 1. The molecule has 12 nitrogen and oxygen atoms in total. The predicted octanol–water partition coefficient (Wildman–Crippen LogP) is 3.27. The van der Waals surface area contributed by atoms with Gasteiger partial charge in [-0.25, -0.2) is 15.0 Å². The minimum Gasteiger partial charge on any atom is -0.489 e. The Balaban J connectivity index is 1.24. The van der Waals surface area contributed by atoms with Gasteiger partial charge in [-0.3, -0.25) is 9.89 Å². The zero-order valence-electron chi connectivity index (χ0n) is 20.9. The smallest absolute Gasteiger partial charge is 0.293 e. The van der Waals surface area contributed by atoms with Gasteiger partial charge in [0.15, 0.2) is 0 Å². The Bertz CT molecular complexity index is 1490. The first-order chi connectivity index (χ1) is 18.5. The summed E-state index contributed by atoms with van der Waals surface area (Å²) >= 11 is 0. The molecule has 1 fully saturated rings. The lowest BCUT2D eigenvalue weighted by Crippen LogP contribution is -2.42. The number of aromatic nitrogens is 6. The zero-order valence-corrected chi connectivity index (χ0v) is 20.9. The second-order valence-corrected chi connectivity index (χ2v) is 8.63. The number of rotatable bonds is 7. The number of benzene rings is 1. The van der Waals surface area contributed by atoms with E-state index in [4.69, 9.17) is 9.47 Å². The van der Waals surface area contributed by atoms with Crippen LogP contribution in [0.4, 0.5) is 11.8 Å². The van der Waals surface area contributed by atoms with Crippen LogP contribution in [-0.4, -0.2) is 67.2 Å². The maximum absolute atomic E-state index is 12.6. The summed E-state index contributed by atoms with van der Waals surface area (Å²) in [4.78, 5) is 31.6.